The number of fused-ring (bicyclic) bond motifs is 1. The van der Waals surface area contributed by atoms with E-state index in [9.17, 15) is 9.90 Å². The number of hydrogen-bond donors (Lipinski definition) is 2. The van der Waals surface area contributed by atoms with Crippen LogP contribution < -0.4 is 5.32 Å². The fourth-order valence-corrected chi connectivity index (χ4v) is 4.02. The van der Waals surface area contributed by atoms with Crippen molar-refractivity contribution < 1.29 is 9.90 Å². The second kappa shape index (κ2) is 5.12. The number of hydrogen-bond acceptors (Lipinski definition) is 4. The fraction of sp³-hybridized carbons (Fsp3) is 0.714. The highest BCUT2D eigenvalue weighted by molar-refractivity contribution is 7.15. The Morgan fingerprint density at radius 3 is 3.00 bits per heavy atom. The van der Waals surface area contributed by atoms with Crippen LogP contribution >= 0.6 is 11.3 Å². The summed E-state index contributed by atoms with van der Waals surface area (Å²) < 4.78 is 0. The molecule has 0 aromatic carbocycles. The van der Waals surface area contributed by atoms with E-state index >= 15 is 0 Å². The quantitative estimate of drug-likeness (QED) is 0.869. The van der Waals surface area contributed by atoms with Crippen LogP contribution in [0.1, 0.15) is 55.5 Å². The summed E-state index contributed by atoms with van der Waals surface area (Å²) in [5.74, 6) is -0.234. The molecular weight excluding hydrogens is 260 g/mol. The number of nitrogens with zero attached hydrogens (tertiary/aromatic N) is 1. The highest BCUT2D eigenvalue weighted by atomic mass is 32.1. The summed E-state index contributed by atoms with van der Waals surface area (Å²) in [6.07, 6.45) is 6.59. The normalized spacial score (nSPS) is 23.7. The largest absolute Gasteiger partial charge is 0.481 e. The zero-order chi connectivity index (χ0) is 13.4. The molecule has 1 saturated carbocycles. The van der Waals surface area contributed by atoms with Gasteiger partial charge in [-0.1, -0.05) is 12.8 Å². The third kappa shape index (κ3) is 2.91. The predicted molar refractivity (Wildman–Crippen MR) is 75.9 cm³/mol. The van der Waals surface area contributed by atoms with E-state index in [-0.39, 0.29) is 0 Å². The average molecular weight is 280 g/mol. The lowest BCUT2D eigenvalue weighted by Crippen LogP contribution is -2.18. The lowest BCUT2D eigenvalue weighted by molar-refractivity contribution is -0.139. The molecule has 1 aromatic rings. The number of aromatic nitrogens is 1. The van der Waals surface area contributed by atoms with Crippen LogP contribution in [-0.2, 0) is 11.2 Å². The van der Waals surface area contributed by atoms with Gasteiger partial charge in [0.1, 0.15) is 5.92 Å². The number of thiazole rings is 1. The van der Waals surface area contributed by atoms with Crippen molar-refractivity contribution in [1.29, 1.82) is 0 Å². The Labute approximate surface area is 117 Å². The number of carbonyl (C=O) groups is 1. The molecule has 2 unspecified atom stereocenters. The van der Waals surface area contributed by atoms with Crippen molar-refractivity contribution in [3.05, 3.63) is 10.6 Å². The van der Waals surface area contributed by atoms with Crippen LogP contribution in [0.5, 0.6) is 0 Å². The van der Waals surface area contributed by atoms with Gasteiger partial charge in [-0.15, -0.1) is 11.3 Å². The number of anilines is 1. The molecule has 2 N–H and O–H groups in total. The first-order chi connectivity index (χ1) is 9.13. The minimum absolute atomic E-state index is 0.394. The topological polar surface area (TPSA) is 62.2 Å². The van der Waals surface area contributed by atoms with Crippen LogP contribution in [0.2, 0.25) is 0 Å². The smallest absolute Gasteiger partial charge is 0.312 e. The Hall–Kier alpha value is -1.10. The molecule has 2 aliphatic rings. The van der Waals surface area contributed by atoms with Gasteiger partial charge in [-0.05, 0) is 38.5 Å². The number of rotatable bonds is 5. The van der Waals surface area contributed by atoms with E-state index in [4.69, 9.17) is 0 Å². The van der Waals surface area contributed by atoms with Gasteiger partial charge in [-0.25, -0.2) is 4.98 Å². The van der Waals surface area contributed by atoms with Crippen molar-refractivity contribution in [2.75, 3.05) is 5.32 Å². The van der Waals surface area contributed by atoms with E-state index in [1.807, 2.05) is 0 Å². The van der Waals surface area contributed by atoms with Crippen LogP contribution in [0, 0.1) is 5.92 Å². The van der Waals surface area contributed by atoms with Gasteiger partial charge in [0.25, 0.3) is 0 Å². The number of aliphatic carboxylic acids is 1. The molecule has 5 heteroatoms. The van der Waals surface area contributed by atoms with Gasteiger partial charge in [0, 0.05) is 10.9 Å². The van der Waals surface area contributed by atoms with Crippen molar-refractivity contribution in [2.45, 2.75) is 57.4 Å². The van der Waals surface area contributed by atoms with Crippen LogP contribution in [-0.4, -0.2) is 22.1 Å². The molecule has 1 aromatic heterocycles. The van der Waals surface area contributed by atoms with Crippen molar-refractivity contribution in [2.24, 2.45) is 5.92 Å². The number of carboxylic acids is 1. The van der Waals surface area contributed by atoms with Crippen molar-refractivity contribution >= 4 is 22.4 Å². The summed E-state index contributed by atoms with van der Waals surface area (Å²) in [7, 11) is 0. The SMILES string of the molecule is CC(CC1CC1)Nc1nc2c(s1)CCCC2C(=O)O. The molecule has 0 amide bonds. The monoisotopic (exact) mass is 280 g/mol. The van der Waals surface area contributed by atoms with E-state index in [0.717, 1.165) is 36.0 Å². The first kappa shape index (κ1) is 12.9. The Morgan fingerprint density at radius 1 is 1.53 bits per heavy atom. The standard InChI is InChI=1S/C14H20N2O2S/c1-8(7-9-5-6-9)15-14-16-12-10(13(17)18)3-2-4-11(12)19-14/h8-10H,2-7H2,1H3,(H,15,16)(H,17,18). The van der Waals surface area contributed by atoms with Gasteiger partial charge in [-0.3, -0.25) is 4.79 Å². The summed E-state index contributed by atoms with van der Waals surface area (Å²) in [6, 6.07) is 0.434. The summed E-state index contributed by atoms with van der Waals surface area (Å²) in [5, 5.41) is 13.6. The molecular formula is C14H20N2O2S. The van der Waals surface area contributed by atoms with Crippen molar-refractivity contribution in [1.82, 2.24) is 4.98 Å². The van der Waals surface area contributed by atoms with Gasteiger partial charge in [-0.2, -0.15) is 0 Å². The molecule has 1 heterocycles. The molecule has 0 spiro atoms. The molecule has 0 bridgehead atoms. The van der Waals surface area contributed by atoms with E-state index in [0.29, 0.717) is 6.04 Å². The third-order valence-corrected chi connectivity index (χ3v) is 5.07. The Bertz CT molecular complexity index is 482. The summed E-state index contributed by atoms with van der Waals surface area (Å²) in [6.45, 7) is 2.19. The predicted octanol–water partition coefficient (Wildman–Crippen LogP) is 3.25. The van der Waals surface area contributed by atoms with Gasteiger partial charge in [0.05, 0.1) is 5.69 Å². The Balaban J connectivity index is 1.71. The van der Waals surface area contributed by atoms with Crippen LogP contribution in [0.3, 0.4) is 0 Å². The molecule has 1 fully saturated rings. The molecule has 0 radical (unpaired) electrons. The minimum Gasteiger partial charge on any atom is -0.481 e. The second-order valence-corrected chi connectivity index (χ2v) is 6.92. The van der Waals surface area contributed by atoms with Crippen LogP contribution in [0.25, 0.3) is 0 Å². The number of nitrogens with one attached hydrogen (secondary N) is 1. The van der Waals surface area contributed by atoms with Crippen LogP contribution in [0.4, 0.5) is 5.13 Å². The number of aryl methyl sites for hydroxylation is 1. The van der Waals surface area contributed by atoms with Crippen molar-refractivity contribution in [3.63, 3.8) is 0 Å². The van der Waals surface area contributed by atoms with E-state index in [1.165, 1.54) is 24.1 Å². The van der Waals surface area contributed by atoms with Gasteiger partial charge >= 0.3 is 5.97 Å². The Morgan fingerprint density at radius 2 is 2.32 bits per heavy atom. The Kier molecular flexibility index (Phi) is 3.48. The summed E-state index contributed by atoms with van der Waals surface area (Å²) >= 11 is 1.65. The molecule has 3 rings (SSSR count). The minimum atomic E-state index is -0.733. The lowest BCUT2D eigenvalue weighted by Gasteiger charge is -2.16. The molecule has 19 heavy (non-hydrogen) atoms. The molecule has 104 valence electrons. The molecule has 2 atom stereocenters. The zero-order valence-electron chi connectivity index (χ0n) is 11.2. The fourth-order valence-electron chi connectivity index (χ4n) is 2.84. The molecule has 0 aliphatic heterocycles. The van der Waals surface area contributed by atoms with E-state index in [1.54, 1.807) is 11.3 Å². The maximum atomic E-state index is 11.2. The van der Waals surface area contributed by atoms with E-state index < -0.39 is 11.9 Å². The van der Waals surface area contributed by atoms with Crippen molar-refractivity contribution in [3.8, 4) is 0 Å². The maximum Gasteiger partial charge on any atom is 0.312 e. The summed E-state index contributed by atoms with van der Waals surface area (Å²) in [4.78, 5) is 17.0. The second-order valence-electron chi connectivity index (χ2n) is 5.83. The van der Waals surface area contributed by atoms with Crippen LogP contribution in [0.15, 0.2) is 0 Å². The molecule has 0 saturated heterocycles. The molecule has 4 nitrogen and oxygen atoms in total. The van der Waals surface area contributed by atoms with Gasteiger partial charge < -0.3 is 10.4 Å². The first-order valence-corrected chi connectivity index (χ1v) is 7.94. The maximum absolute atomic E-state index is 11.2. The third-order valence-electron chi connectivity index (χ3n) is 4.01. The van der Waals surface area contributed by atoms with E-state index in [2.05, 4.69) is 17.2 Å². The average Bonchev–Trinajstić information content (AvgIpc) is 3.06. The first-order valence-electron chi connectivity index (χ1n) is 7.12. The summed E-state index contributed by atoms with van der Waals surface area (Å²) in [5.41, 5.74) is 0.810. The highest BCUT2D eigenvalue weighted by Crippen LogP contribution is 2.38. The lowest BCUT2D eigenvalue weighted by atomic mass is 9.91. The zero-order valence-corrected chi connectivity index (χ0v) is 12.0. The van der Waals surface area contributed by atoms with Gasteiger partial charge in [0.15, 0.2) is 5.13 Å². The number of carboxylic acid groups (broad SMARTS) is 1. The molecule has 2 aliphatic carbocycles. The van der Waals surface area contributed by atoms with Gasteiger partial charge in [0.2, 0.25) is 0 Å². The highest BCUT2D eigenvalue weighted by Gasteiger charge is 2.30.